The van der Waals surface area contributed by atoms with Crippen LogP contribution < -0.4 is 10.6 Å². The second-order valence-electron chi connectivity index (χ2n) is 4.85. The predicted octanol–water partition coefficient (Wildman–Crippen LogP) is 3.19. The van der Waals surface area contributed by atoms with Gasteiger partial charge in [0, 0.05) is 24.1 Å². The molecule has 0 bridgehead atoms. The van der Waals surface area contributed by atoms with Crippen molar-refractivity contribution >= 4 is 44.1 Å². The molecule has 0 radical (unpaired) electrons. The van der Waals surface area contributed by atoms with Crippen LogP contribution in [-0.2, 0) is 6.42 Å². The van der Waals surface area contributed by atoms with Crippen LogP contribution in [-0.4, -0.2) is 28.1 Å². The Balaban J connectivity index is 2.14. The Hall–Kier alpha value is -1.54. The van der Waals surface area contributed by atoms with Crippen LogP contribution in [0.5, 0.6) is 0 Å². The number of anilines is 2. The summed E-state index contributed by atoms with van der Waals surface area (Å²) in [6.07, 6.45) is 2.49. The van der Waals surface area contributed by atoms with Crippen molar-refractivity contribution in [2.24, 2.45) is 5.92 Å². The van der Waals surface area contributed by atoms with Crippen molar-refractivity contribution in [1.82, 2.24) is 15.2 Å². The van der Waals surface area contributed by atoms with Crippen LogP contribution in [0.2, 0.25) is 0 Å². The third-order valence-electron chi connectivity index (χ3n) is 2.61. The number of hydrogen-bond acceptors (Lipinski definition) is 6. The van der Waals surface area contributed by atoms with Crippen LogP contribution in [0.25, 0.3) is 0 Å². The molecular formula is C13H16BrN5OS. The highest BCUT2D eigenvalue weighted by molar-refractivity contribution is 9.10. The molecule has 2 heterocycles. The molecule has 0 fully saturated rings. The average molecular weight is 370 g/mol. The third-order valence-corrected chi connectivity index (χ3v) is 3.90. The number of rotatable bonds is 5. The van der Waals surface area contributed by atoms with Crippen LogP contribution in [0.4, 0.5) is 10.9 Å². The van der Waals surface area contributed by atoms with Crippen LogP contribution >= 0.6 is 27.3 Å². The largest absolute Gasteiger partial charge is 0.372 e. The highest BCUT2D eigenvalue weighted by Gasteiger charge is 2.15. The van der Waals surface area contributed by atoms with Crippen molar-refractivity contribution in [3.05, 3.63) is 27.3 Å². The molecule has 2 N–H and O–H groups in total. The maximum absolute atomic E-state index is 12.3. The number of amides is 1. The monoisotopic (exact) mass is 369 g/mol. The number of nitrogens with one attached hydrogen (secondary N) is 2. The van der Waals surface area contributed by atoms with E-state index < -0.39 is 0 Å². The minimum Gasteiger partial charge on any atom is -0.372 e. The molecule has 8 heteroatoms. The molecule has 0 saturated heterocycles. The molecule has 2 rings (SSSR count). The van der Waals surface area contributed by atoms with E-state index in [0.717, 1.165) is 15.9 Å². The maximum atomic E-state index is 12.3. The summed E-state index contributed by atoms with van der Waals surface area (Å²) < 4.78 is 0.740. The molecule has 2 aromatic heterocycles. The van der Waals surface area contributed by atoms with E-state index in [-0.39, 0.29) is 5.91 Å². The molecule has 0 aliphatic carbocycles. The van der Waals surface area contributed by atoms with Gasteiger partial charge in [0.1, 0.15) is 10.8 Å². The first-order valence-corrected chi connectivity index (χ1v) is 8.07. The van der Waals surface area contributed by atoms with E-state index in [1.165, 1.54) is 11.3 Å². The molecule has 0 aromatic carbocycles. The van der Waals surface area contributed by atoms with E-state index in [1.54, 1.807) is 19.3 Å². The maximum Gasteiger partial charge on any atom is 0.261 e. The van der Waals surface area contributed by atoms with Gasteiger partial charge in [-0.05, 0) is 27.9 Å². The lowest BCUT2D eigenvalue weighted by atomic mass is 10.1. The smallest absolute Gasteiger partial charge is 0.261 e. The fourth-order valence-corrected chi connectivity index (χ4v) is 2.99. The van der Waals surface area contributed by atoms with Gasteiger partial charge >= 0.3 is 0 Å². The molecular weight excluding hydrogens is 354 g/mol. The predicted molar refractivity (Wildman–Crippen MR) is 87.9 cm³/mol. The summed E-state index contributed by atoms with van der Waals surface area (Å²) in [6, 6.07) is 1.71. The number of hydrogen-bond donors (Lipinski definition) is 2. The Bertz CT molecular complexity index is 643. The van der Waals surface area contributed by atoms with Gasteiger partial charge in [-0.2, -0.15) is 0 Å². The topological polar surface area (TPSA) is 79.8 Å². The Labute approximate surface area is 135 Å². The van der Waals surface area contributed by atoms with Gasteiger partial charge in [-0.15, -0.1) is 10.2 Å². The van der Waals surface area contributed by atoms with Crippen molar-refractivity contribution in [1.29, 1.82) is 0 Å². The highest BCUT2D eigenvalue weighted by atomic mass is 79.9. The highest BCUT2D eigenvalue weighted by Crippen LogP contribution is 2.22. The fraction of sp³-hybridized carbons (Fsp3) is 0.385. The lowest BCUT2D eigenvalue weighted by Gasteiger charge is -2.07. The summed E-state index contributed by atoms with van der Waals surface area (Å²) in [4.78, 5) is 16.5. The van der Waals surface area contributed by atoms with E-state index >= 15 is 0 Å². The summed E-state index contributed by atoms with van der Waals surface area (Å²) >= 11 is 4.71. The van der Waals surface area contributed by atoms with Crippen LogP contribution in [0.15, 0.2) is 16.7 Å². The Morgan fingerprint density at radius 2 is 2.19 bits per heavy atom. The zero-order valence-electron chi connectivity index (χ0n) is 12.0. The van der Waals surface area contributed by atoms with E-state index in [9.17, 15) is 4.79 Å². The first kappa shape index (κ1) is 15.8. The van der Waals surface area contributed by atoms with Gasteiger partial charge in [-0.3, -0.25) is 10.1 Å². The van der Waals surface area contributed by atoms with Gasteiger partial charge in [-0.25, -0.2) is 4.98 Å². The molecule has 0 aliphatic rings. The molecule has 1 amide bonds. The lowest BCUT2D eigenvalue weighted by Crippen LogP contribution is -2.14. The number of halogens is 1. The van der Waals surface area contributed by atoms with Crippen molar-refractivity contribution in [2.75, 3.05) is 17.7 Å². The van der Waals surface area contributed by atoms with Crippen molar-refractivity contribution in [2.45, 2.75) is 20.3 Å². The summed E-state index contributed by atoms with van der Waals surface area (Å²) in [5.74, 6) is 0.759. The summed E-state index contributed by atoms with van der Waals surface area (Å²) in [5.41, 5.74) is 0.451. The summed E-state index contributed by atoms with van der Waals surface area (Å²) in [6.45, 7) is 4.23. The van der Waals surface area contributed by atoms with E-state index in [4.69, 9.17) is 0 Å². The second-order valence-corrected chi connectivity index (χ2v) is 6.83. The molecule has 0 unspecified atom stereocenters. The molecule has 112 valence electrons. The number of carbonyl (C=O) groups excluding carboxylic acids is 1. The van der Waals surface area contributed by atoms with E-state index in [1.807, 2.05) is 0 Å². The van der Waals surface area contributed by atoms with Gasteiger partial charge in [0.2, 0.25) is 5.13 Å². The average Bonchev–Trinajstić information content (AvgIpc) is 2.85. The summed E-state index contributed by atoms with van der Waals surface area (Å²) in [5, 5.41) is 15.1. The summed E-state index contributed by atoms with van der Waals surface area (Å²) in [7, 11) is 1.72. The molecule has 2 aromatic rings. The Kier molecular flexibility index (Phi) is 5.24. The lowest BCUT2D eigenvalue weighted by molar-refractivity contribution is 0.102. The second kappa shape index (κ2) is 6.95. The Morgan fingerprint density at radius 3 is 2.86 bits per heavy atom. The SMILES string of the molecule is CNc1ncc(Br)cc1C(=O)Nc1nnc(CC(C)C)s1. The third kappa shape index (κ3) is 4.21. The quantitative estimate of drug-likeness (QED) is 0.845. The molecule has 6 nitrogen and oxygen atoms in total. The number of carbonyl (C=O) groups is 1. The van der Waals surface area contributed by atoms with Gasteiger partial charge in [0.05, 0.1) is 5.56 Å². The first-order chi connectivity index (χ1) is 9.99. The van der Waals surface area contributed by atoms with Gasteiger partial charge < -0.3 is 5.32 Å². The van der Waals surface area contributed by atoms with Crippen molar-refractivity contribution in [3.63, 3.8) is 0 Å². The first-order valence-electron chi connectivity index (χ1n) is 6.46. The number of nitrogens with zero attached hydrogens (tertiary/aromatic N) is 3. The molecule has 0 spiro atoms. The van der Waals surface area contributed by atoms with Gasteiger partial charge in [-0.1, -0.05) is 25.2 Å². The zero-order chi connectivity index (χ0) is 15.4. The standard InChI is InChI=1S/C13H16BrN5OS/c1-7(2)4-10-18-19-13(21-10)17-12(20)9-5-8(14)6-16-11(9)15-3/h5-7H,4H2,1-3H3,(H,15,16)(H,17,19,20). The van der Waals surface area contributed by atoms with Crippen LogP contribution in [0.1, 0.15) is 29.2 Å². The molecule has 0 saturated carbocycles. The molecule has 0 aliphatic heterocycles. The fourth-order valence-electron chi connectivity index (χ4n) is 1.71. The Morgan fingerprint density at radius 1 is 1.43 bits per heavy atom. The molecule has 21 heavy (non-hydrogen) atoms. The van der Waals surface area contributed by atoms with Crippen LogP contribution in [0.3, 0.4) is 0 Å². The minimum atomic E-state index is -0.264. The van der Waals surface area contributed by atoms with Gasteiger partial charge in [0.15, 0.2) is 0 Å². The zero-order valence-corrected chi connectivity index (χ0v) is 14.4. The molecule has 0 atom stereocenters. The van der Waals surface area contributed by atoms with E-state index in [0.29, 0.717) is 22.4 Å². The van der Waals surface area contributed by atoms with Crippen molar-refractivity contribution in [3.8, 4) is 0 Å². The van der Waals surface area contributed by atoms with E-state index in [2.05, 4.69) is 55.6 Å². The normalized spacial score (nSPS) is 10.7. The number of aromatic nitrogens is 3. The van der Waals surface area contributed by atoms with Crippen LogP contribution in [0, 0.1) is 5.92 Å². The van der Waals surface area contributed by atoms with Crippen molar-refractivity contribution < 1.29 is 4.79 Å². The van der Waals surface area contributed by atoms with Gasteiger partial charge in [0.25, 0.3) is 5.91 Å². The number of pyridine rings is 1. The minimum absolute atomic E-state index is 0.264.